The van der Waals surface area contributed by atoms with Crippen LogP contribution in [0.25, 0.3) is 0 Å². The second kappa shape index (κ2) is 4.66. The van der Waals surface area contributed by atoms with Gasteiger partial charge in [-0.2, -0.15) is 4.31 Å². The van der Waals surface area contributed by atoms with Crippen molar-refractivity contribution < 1.29 is 17.6 Å². The highest BCUT2D eigenvalue weighted by Gasteiger charge is 2.38. The van der Waals surface area contributed by atoms with Gasteiger partial charge in [0.2, 0.25) is 15.9 Å². The van der Waals surface area contributed by atoms with Crippen molar-refractivity contribution in [2.75, 3.05) is 6.54 Å². The van der Waals surface area contributed by atoms with E-state index in [2.05, 4.69) is 0 Å². The molecule has 0 bridgehead atoms. The Morgan fingerprint density at radius 2 is 1.94 bits per heavy atom. The molecule has 0 unspecified atom stereocenters. The Kier molecular flexibility index (Phi) is 3.36. The molecule has 0 spiro atoms. The lowest BCUT2D eigenvalue weighted by Gasteiger charge is -2.21. The Morgan fingerprint density at radius 3 is 2.50 bits per heavy atom. The molecule has 18 heavy (non-hydrogen) atoms. The number of sulfonamides is 1. The van der Waals surface area contributed by atoms with Crippen LogP contribution in [0.1, 0.15) is 12.8 Å². The monoisotopic (exact) mass is 272 g/mol. The van der Waals surface area contributed by atoms with E-state index < -0.39 is 27.8 Å². The SMILES string of the molecule is NC(=O)[C@@H]1CCCN1S(=O)(=O)c1ccc(F)cc1. The van der Waals surface area contributed by atoms with Gasteiger partial charge in [-0.05, 0) is 37.1 Å². The molecule has 1 aromatic rings. The summed E-state index contributed by atoms with van der Waals surface area (Å²) in [6, 6.07) is 3.70. The van der Waals surface area contributed by atoms with Gasteiger partial charge in [0.1, 0.15) is 11.9 Å². The van der Waals surface area contributed by atoms with Crippen LogP contribution in [0.3, 0.4) is 0 Å². The maximum absolute atomic E-state index is 12.8. The summed E-state index contributed by atoms with van der Waals surface area (Å²) in [6.45, 7) is 0.257. The summed E-state index contributed by atoms with van der Waals surface area (Å²) < 4.78 is 38.4. The standard InChI is InChI=1S/C11H13FN2O3S/c12-8-3-5-9(6-4-8)18(16,17)14-7-1-2-10(14)11(13)15/h3-6,10H,1-2,7H2,(H2,13,15)/t10-/m0/s1. The molecule has 1 saturated heterocycles. The fraction of sp³-hybridized carbons (Fsp3) is 0.364. The van der Waals surface area contributed by atoms with Crippen molar-refractivity contribution in [1.29, 1.82) is 0 Å². The number of carbonyl (C=O) groups excluding carboxylic acids is 1. The van der Waals surface area contributed by atoms with Crippen LogP contribution in [0.5, 0.6) is 0 Å². The molecule has 0 aromatic heterocycles. The Labute approximate surface area is 104 Å². The van der Waals surface area contributed by atoms with Gasteiger partial charge in [-0.1, -0.05) is 0 Å². The van der Waals surface area contributed by atoms with Gasteiger partial charge in [-0.25, -0.2) is 12.8 Å². The summed E-state index contributed by atoms with van der Waals surface area (Å²) >= 11 is 0. The van der Waals surface area contributed by atoms with Crippen LogP contribution in [-0.2, 0) is 14.8 Å². The zero-order valence-corrected chi connectivity index (χ0v) is 10.4. The summed E-state index contributed by atoms with van der Waals surface area (Å²) in [6.07, 6.45) is 1.02. The zero-order chi connectivity index (χ0) is 13.3. The molecule has 98 valence electrons. The van der Waals surface area contributed by atoms with E-state index >= 15 is 0 Å². The molecule has 1 heterocycles. The predicted octanol–water partition coefficient (Wildman–Crippen LogP) is 0.464. The summed E-state index contributed by atoms with van der Waals surface area (Å²) in [7, 11) is -3.78. The van der Waals surface area contributed by atoms with Gasteiger partial charge in [-0.3, -0.25) is 4.79 Å². The van der Waals surface area contributed by atoms with Gasteiger partial charge < -0.3 is 5.73 Å². The van der Waals surface area contributed by atoms with E-state index in [0.29, 0.717) is 12.8 Å². The lowest BCUT2D eigenvalue weighted by atomic mass is 10.2. The summed E-state index contributed by atoms with van der Waals surface area (Å²) in [5.74, 6) is -1.17. The molecule has 1 amide bonds. The van der Waals surface area contributed by atoms with E-state index in [1.165, 1.54) is 12.1 Å². The first kappa shape index (κ1) is 13.0. The topological polar surface area (TPSA) is 80.5 Å². The second-order valence-corrected chi connectivity index (χ2v) is 6.02. The molecule has 1 aromatic carbocycles. The number of amides is 1. The minimum Gasteiger partial charge on any atom is -0.368 e. The van der Waals surface area contributed by atoms with Crippen molar-refractivity contribution in [2.45, 2.75) is 23.8 Å². The van der Waals surface area contributed by atoms with Gasteiger partial charge >= 0.3 is 0 Å². The summed E-state index contributed by atoms with van der Waals surface area (Å²) in [5.41, 5.74) is 5.18. The third-order valence-electron chi connectivity index (χ3n) is 2.95. The highest BCUT2D eigenvalue weighted by Crippen LogP contribution is 2.25. The molecule has 1 aliphatic rings. The third-order valence-corrected chi connectivity index (χ3v) is 4.87. The smallest absolute Gasteiger partial charge is 0.243 e. The quantitative estimate of drug-likeness (QED) is 0.868. The molecule has 7 heteroatoms. The average Bonchev–Trinajstić information content (AvgIpc) is 2.79. The van der Waals surface area contributed by atoms with Crippen molar-refractivity contribution >= 4 is 15.9 Å². The molecule has 1 atom stereocenters. The van der Waals surface area contributed by atoms with Crippen molar-refractivity contribution in [1.82, 2.24) is 4.31 Å². The van der Waals surface area contributed by atoms with Gasteiger partial charge in [0.25, 0.3) is 0 Å². The van der Waals surface area contributed by atoms with Crippen molar-refractivity contribution in [2.24, 2.45) is 5.73 Å². The summed E-state index contributed by atoms with van der Waals surface area (Å²) in [4.78, 5) is 11.2. The number of carbonyl (C=O) groups is 1. The highest BCUT2D eigenvalue weighted by atomic mass is 32.2. The largest absolute Gasteiger partial charge is 0.368 e. The first-order valence-electron chi connectivity index (χ1n) is 5.49. The van der Waals surface area contributed by atoms with Crippen LogP contribution in [0.2, 0.25) is 0 Å². The lowest BCUT2D eigenvalue weighted by molar-refractivity contribution is -0.121. The molecular formula is C11H13FN2O3S. The lowest BCUT2D eigenvalue weighted by Crippen LogP contribution is -2.43. The third kappa shape index (κ3) is 2.23. The van der Waals surface area contributed by atoms with Gasteiger partial charge in [0, 0.05) is 6.54 Å². The van der Waals surface area contributed by atoms with Gasteiger partial charge in [-0.15, -0.1) is 0 Å². The van der Waals surface area contributed by atoms with E-state index in [0.717, 1.165) is 16.4 Å². The Bertz CT molecular complexity index is 556. The highest BCUT2D eigenvalue weighted by molar-refractivity contribution is 7.89. The van der Waals surface area contributed by atoms with E-state index in [1.54, 1.807) is 0 Å². The number of hydrogen-bond acceptors (Lipinski definition) is 3. The zero-order valence-electron chi connectivity index (χ0n) is 9.54. The van der Waals surface area contributed by atoms with Gasteiger partial charge in [0.05, 0.1) is 4.90 Å². The molecule has 0 radical (unpaired) electrons. The van der Waals surface area contributed by atoms with Crippen LogP contribution in [0.15, 0.2) is 29.2 Å². The second-order valence-electron chi connectivity index (χ2n) is 4.13. The Balaban J connectivity index is 2.36. The van der Waals surface area contributed by atoms with Crippen LogP contribution in [0.4, 0.5) is 4.39 Å². The van der Waals surface area contributed by atoms with Crippen LogP contribution >= 0.6 is 0 Å². The normalized spacial score (nSPS) is 21.1. The molecule has 1 aliphatic heterocycles. The van der Waals surface area contributed by atoms with E-state index in [4.69, 9.17) is 5.73 Å². The number of nitrogens with two attached hydrogens (primary N) is 1. The number of nitrogens with zero attached hydrogens (tertiary/aromatic N) is 1. The van der Waals surface area contributed by atoms with E-state index in [1.807, 2.05) is 0 Å². The molecule has 0 aliphatic carbocycles. The molecule has 5 nitrogen and oxygen atoms in total. The molecule has 2 N–H and O–H groups in total. The molecule has 2 rings (SSSR count). The van der Waals surface area contributed by atoms with Gasteiger partial charge in [0.15, 0.2) is 0 Å². The number of primary amides is 1. The number of hydrogen-bond donors (Lipinski definition) is 1. The molecule has 0 saturated carbocycles. The van der Waals surface area contributed by atoms with Crippen molar-refractivity contribution in [3.8, 4) is 0 Å². The van der Waals surface area contributed by atoms with E-state index in [9.17, 15) is 17.6 Å². The Hall–Kier alpha value is -1.47. The minimum absolute atomic E-state index is 0.0305. The van der Waals surface area contributed by atoms with Crippen molar-refractivity contribution in [3.63, 3.8) is 0 Å². The first-order chi connectivity index (χ1) is 8.43. The maximum atomic E-state index is 12.8. The fourth-order valence-corrected chi connectivity index (χ4v) is 3.72. The molecular weight excluding hydrogens is 259 g/mol. The number of benzene rings is 1. The van der Waals surface area contributed by atoms with Crippen LogP contribution in [0, 0.1) is 5.82 Å². The number of halogens is 1. The molecule has 1 fully saturated rings. The predicted molar refractivity (Wildman–Crippen MR) is 62.5 cm³/mol. The number of rotatable bonds is 3. The fourth-order valence-electron chi connectivity index (χ4n) is 2.05. The van der Waals surface area contributed by atoms with Crippen LogP contribution in [-0.4, -0.2) is 31.2 Å². The first-order valence-corrected chi connectivity index (χ1v) is 6.93. The van der Waals surface area contributed by atoms with Crippen LogP contribution < -0.4 is 5.73 Å². The average molecular weight is 272 g/mol. The maximum Gasteiger partial charge on any atom is 0.243 e. The summed E-state index contributed by atoms with van der Waals surface area (Å²) in [5, 5.41) is 0. The minimum atomic E-state index is -3.78. The Morgan fingerprint density at radius 1 is 1.33 bits per heavy atom. The van der Waals surface area contributed by atoms with E-state index in [-0.39, 0.29) is 11.4 Å². The van der Waals surface area contributed by atoms with Crippen molar-refractivity contribution in [3.05, 3.63) is 30.1 Å².